The number of hydrogen-bond acceptors (Lipinski definition) is 2. The Balaban J connectivity index is 0.000000960. The summed E-state index contributed by atoms with van der Waals surface area (Å²) >= 11 is 1.79. The monoisotopic (exact) mass is 365 g/mol. The Morgan fingerprint density at radius 1 is 0.783 bits per heavy atom. The van der Waals surface area contributed by atoms with E-state index in [1.54, 1.807) is 11.8 Å². The van der Waals surface area contributed by atoms with Gasteiger partial charge < -0.3 is 11.4 Å². The van der Waals surface area contributed by atoms with Crippen molar-refractivity contribution in [3.8, 4) is 11.1 Å². The number of fused-ring (bicyclic) bond motifs is 1. The molecule has 0 aliphatic carbocycles. The summed E-state index contributed by atoms with van der Waals surface area (Å²) in [6.07, 6.45) is 0. The first-order valence-electron chi connectivity index (χ1n) is 6.91. The van der Waals surface area contributed by atoms with E-state index >= 15 is 0 Å². The summed E-state index contributed by atoms with van der Waals surface area (Å²) in [5.74, 6) is 0. The molecule has 4 heteroatoms. The van der Waals surface area contributed by atoms with Gasteiger partial charge >= 0.3 is 103 Å². The van der Waals surface area contributed by atoms with Gasteiger partial charge in [0.2, 0.25) is 0 Å². The minimum absolute atomic E-state index is 0. The number of benzene rings is 3. The van der Waals surface area contributed by atoms with Gasteiger partial charge in [0.05, 0.1) is 5.37 Å². The Labute approximate surface area is 226 Å². The van der Waals surface area contributed by atoms with Gasteiger partial charge in [-0.3, -0.25) is 18.2 Å². The molecule has 0 radical (unpaired) electrons. The summed E-state index contributed by atoms with van der Waals surface area (Å²) in [6.45, 7) is 0. The molecule has 3 aromatic carbocycles. The molecule has 0 saturated carbocycles. The second-order valence-electron chi connectivity index (χ2n) is 4.96. The molecule has 0 spiro atoms. The predicted octanol–water partition coefficient (Wildman–Crippen LogP) is -0.822. The molecule has 3 aromatic rings. The SMILES string of the molecule is [K+].[K+].[c-]1cc[c-]c2c1NC(c1ccc(-c3ccccc3)cc1)S2. The van der Waals surface area contributed by atoms with Gasteiger partial charge in [-0.05, 0) is 16.7 Å². The van der Waals surface area contributed by atoms with Gasteiger partial charge in [0, 0.05) is 0 Å². The standard InChI is InChI=1S/C19H13NS.2K/c1-2-6-14(7-3-1)15-10-12-16(13-11-15)19-20-17-8-4-5-9-18(17)21-19;;/h1-7,10-13,19-20H;;/q-2;2*+1. The summed E-state index contributed by atoms with van der Waals surface area (Å²) in [5, 5.41) is 3.74. The average molecular weight is 366 g/mol. The molecule has 0 fully saturated rings. The molecule has 1 nitrogen and oxygen atoms in total. The maximum atomic E-state index is 3.49. The molecule has 1 aliphatic rings. The first kappa shape index (κ1) is 20.4. The zero-order valence-electron chi connectivity index (χ0n) is 13.3. The molecule has 1 aliphatic heterocycles. The third-order valence-corrected chi connectivity index (χ3v) is 4.77. The molecular weight excluding hydrogens is 352 g/mol. The number of anilines is 1. The van der Waals surface area contributed by atoms with Crippen molar-refractivity contribution in [3.05, 3.63) is 84.4 Å². The quantitative estimate of drug-likeness (QED) is 0.470. The van der Waals surface area contributed by atoms with Crippen LogP contribution in [-0.2, 0) is 0 Å². The largest absolute Gasteiger partial charge is 1.00 e. The van der Waals surface area contributed by atoms with Crippen molar-refractivity contribution in [2.24, 2.45) is 0 Å². The number of rotatable bonds is 2. The van der Waals surface area contributed by atoms with Crippen LogP contribution in [-0.4, -0.2) is 0 Å². The second kappa shape index (κ2) is 9.69. The fourth-order valence-corrected chi connectivity index (χ4v) is 3.57. The summed E-state index contributed by atoms with van der Waals surface area (Å²) < 4.78 is 0. The Kier molecular flexibility index (Phi) is 8.59. The summed E-state index contributed by atoms with van der Waals surface area (Å²) in [7, 11) is 0. The Morgan fingerprint density at radius 2 is 1.43 bits per heavy atom. The fourth-order valence-electron chi connectivity index (χ4n) is 2.49. The van der Waals surface area contributed by atoms with Gasteiger partial charge in [0.15, 0.2) is 0 Å². The first-order valence-corrected chi connectivity index (χ1v) is 7.79. The number of thioether (sulfide) groups is 1. The molecule has 1 heterocycles. The normalized spacial score (nSPS) is 14.9. The summed E-state index contributed by atoms with van der Waals surface area (Å²) in [4.78, 5) is 1.15. The third kappa shape index (κ3) is 4.83. The van der Waals surface area contributed by atoms with E-state index < -0.39 is 0 Å². The van der Waals surface area contributed by atoms with Gasteiger partial charge in [0.1, 0.15) is 0 Å². The summed E-state index contributed by atoms with van der Waals surface area (Å²) in [6, 6.07) is 29.5. The van der Waals surface area contributed by atoms with Crippen LogP contribution >= 0.6 is 11.8 Å². The molecule has 1 N–H and O–H groups in total. The van der Waals surface area contributed by atoms with E-state index in [1.807, 2.05) is 18.2 Å². The van der Waals surface area contributed by atoms with E-state index in [0.717, 1.165) is 10.6 Å². The van der Waals surface area contributed by atoms with Crippen LogP contribution in [0, 0.1) is 12.1 Å². The molecule has 23 heavy (non-hydrogen) atoms. The minimum Gasteiger partial charge on any atom is -0.445 e. The third-order valence-electron chi connectivity index (χ3n) is 3.58. The van der Waals surface area contributed by atoms with Crippen LogP contribution in [0.15, 0.2) is 71.6 Å². The molecule has 1 atom stereocenters. The fraction of sp³-hybridized carbons (Fsp3) is 0.0526. The van der Waals surface area contributed by atoms with E-state index in [9.17, 15) is 0 Å². The van der Waals surface area contributed by atoms with E-state index in [2.05, 4.69) is 66.0 Å². The van der Waals surface area contributed by atoms with Crippen molar-refractivity contribution >= 4 is 17.4 Å². The van der Waals surface area contributed by atoms with Gasteiger partial charge in [0.25, 0.3) is 0 Å². The van der Waals surface area contributed by atoms with Gasteiger partial charge in [-0.25, -0.2) is 0 Å². The smallest absolute Gasteiger partial charge is 0.445 e. The molecule has 0 saturated heterocycles. The van der Waals surface area contributed by atoms with Crippen LogP contribution in [0.4, 0.5) is 5.69 Å². The van der Waals surface area contributed by atoms with Gasteiger partial charge in [-0.15, -0.1) is 0 Å². The van der Waals surface area contributed by atoms with Crippen LogP contribution in [0.25, 0.3) is 11.1 Å². The van der Waals surface area contributed by atoms with Crippen LogP contribution in [0.1, 0.15) is 10.9 Å². The molecule has 0 aromatic heterocycles. The van der Waals surface area contributed by atoms with Crippen LogP contribution < -0.4 is 108 Å². The van der Waals surface area contributed by atoms with Crippen molar-refractivity contribution in [2.75, 3.05) is 5.32 Å². The minimum atomic E-state index is 0. The van der Waals surface area contributed by atoms with Crippen LogP contribution in [0.5, 0.6) is 0 Å². The molecule has 0 amide bonds. The van der Waals surface area contributed by atoms with Crippen molar-refractivity contribution in [2.45, 2.75) is 10.3 Å². The Hall–Kier alpha value is 1.08. The number of nitrogens with one attached hydrogen (secondary N) is 1. The maximum absolute atomic E-state index is 3.49. The number of hydrogen-bond donors (Lipinski definition) is 1. The molecule has 0 bridgehead atoms. The summed E-state index contributed by atoms with van der Waals surface area (Å²) in [5.41, 5.74) is 4.83. The molecular formula is C19H13K2NS. The second-order valence-corrected chi connectivity index (χ2v) is 6.07. The van der Waals surface area contributed by atoms with E-state index in [-0.39, 0.29) is 108 Å². The maximum Gasteiger partial charge on any atom is 1.00 e. The zero-order valence-corrected chi connectivity index (χ0v) is 20.4. The topological polar surface area (TPSA) is 12.0 Å². The van der Waals surface area contributed by atoms with Gasteiger partial charge in [-0.2, -0.15) is 22.3 Å². The van der Waals surface area contributed by atoms with Crippen molar-refractivity contribution in [1.82, 2.24) is 0 Å². The molecule has 1 unspecified atom stereocenters. The first-order chi connectivity index (χ1) is 10.4. The zero-order chi connectivity index (χ0) is 14.1. The van der Waals surface area contributed by atoms with E-state index in [4.69, 9.17) is 0 Å². The van der Waals surface area contributed by atoms with Gasteiger partial charge in [-0.1, -0.05) is 54.6 Å². The van der Waals surface area contributed by atoms with E-state index in [1.165, 1.54) is 16.7 Å². The Morgan fingerprint density at radius 3 is 2.13 bits per heavy atom. The molecule has 4 rings (SSSR count). The van der Waals surface area contributed by atoms with Crippen molar-refractivity contribution < 1.29 is 103 Å². The van der Waals surface area contributed by atoms with Crippen LogP contribution in [0.2, 0.25) is 0 Å². The Bertz CT molecular complexity index is 735. The van der Waals surface area contributed by atoms with Crippen LogP contribution in [0.3, 0.4) is 0 Å². The van der Waals surface area contributed by atoms with E-state index in [0.29, 0.717) is 0 Å². The predicted molar refractivity (Wildman–Crippen MR) is 88.2 cm³/mol. The molecule has 102 valence electrons. The van der Waals surface area contributed by atoms with Crippen molar-refractivity contribution in [1.29, 1.82) is 0 Å². The average Bonchev–Trinajstić information content (AvgIpc) is 3.00. The van der Waals surface area contributed by atoms with Crippen molar-refractivity contribution in [3.63, 3.8) is 0 Å².